The molecule has 2 amide bonds. The number of hydrogen-bond acceptors (Lipinski definition) is 3. The van der Waals surface area contributed by atoms with E-state index < -0.39 is 11.9 Å². The van der Waals surface area contributed by atoms with Gasteiger partial charge in [0.05, 0.1) is 12.5 Å². The maximum atomic E-state index is 11.0. The first-order chi connectivity index (χ1) is 4.95. The lowest BCUT2D eigenvalue weighted by Crippen LogP contribution is -2.42. The topological polar surface area (TPSA) is 89.4 Å². The van der Waals surface area contributed by atoms with Gasteiger partial charge in [0.2, 0.25) is 11.8 Å². The molecule has 0 saturated carbocycles. The second-order valence-electron chi connectivity index (χ2n) is 2.51. The average molecular weight is 159 g/mol. The molecule has 0 aliphatic carbocycles. The number of likely N-dealkylation sites (N-methyl/N-ethyl adjacent to an activating group) is 1. The van der Waals surface area contributed by atoms with Crippen LogP contribution in [0.4, 0.5) is 0 Å². The number of carbonyl (C=O) groups excluding carboxylic acids is 2. The Labute approximate surface area is 65.3 Å². The largest absolute Gasteiger partial charge is 0.370 e. The zero-order chi connectivity index (χ0) is 9.02. The summed E-state index contributed by atoms with van der Waals surface area (Å²) in [4.78, 5) is 22.6. The molecule has 0 rings (SSSR count). The van der Waals surface area contributed by atoms with E-state index in [1.54, 1.807) is 14.1 Å². The van der Waals surface area contributed by atoms with Gasteiger partial charge < -0.3 is 16.4 Å². The third-order valence-corrected chi connectivity index (χ3v) is 1.18. The van der Waals surface area contributed by atoms with Crippen molar-refractivity contribution < 1.29 is 9.59 Å². The SMILES string of the molecule is CN(C)C(=O)[C@@H](N)CC(N)=O. The first-order valence-electron chi connectivity index (χ1n) is 3.20. The van der Waals surface area contributed by atoms with Gasteiger partial charge in [-0.1, -0.05) is 0 Å². The van der Waals surface area contributed by atoms with Crippen LogP contribution in [-0.2, 0) is 9.59 Å². The van der Waals surface area contributed by atoms with Crippen molar-refractivity contribution in [2.45, 2.75) is 12.5 Å². The zero-order valence-electron chi connectivity index (χ0n) is 6.70. The van der Waals surface area contributed by atoms with Gasteiger partial charge in [-0.05, 0) is 0 Å². The van der Waals surface area contributed by atoms with Gasteiger partial charge in [0.15, 0.2) is 0 Å². The van der Waals surface area contributed by atoms with E-state index in [0.29, 0.717) is 0 Å². The van der Waals surface area contributed by atoms with Crippen molar-refractivity contribution in [3.05, 3.63) is 0 Å². The molecule has 5 nitrogen and oxygen atoms in total. The van der Waals surface area contributed by atoms with E-state index >= 15 is 0 Å². The Bertz CT molecular complexity index is 167. The Hall–Kier alpha value is -1.10. The van der Waals surface area contributed by atoms with Gasteiger partial charge in [-0.2, -0.15) is 0 Å². The minimum Gasteiger partial charge on any atom is -0.370 e. The summed E-state index contributed by atoms with van der Waals surface area (Å²) in [5.41, 5.74) is 10.2. The lowest BCUT2D eigenvalue weighted by Gasteiger charge is -2.14. The van der Waals surface area contributed by atoms with Gasteiger partial charge >= 0.3 is 0 Å². The minimum absolute atomic E-state index is 0.100. The molecule has 11 heavy (non-hydrogen) atoms. The molecule has 1 atom stereocenters. The van der Waals surface area contributed by atoms with Crippen LogP contribution < -0.4 is 11.5 Å². The number of rotatable bonds is 3. The second-order valence-corrected chi connectivity index (χ2v) is 2.51. The molecule has 64 valence electrons. The van der Waals surface area contributed by atoms with E-state index in [0.717, 1.165) is 0 Å². The van der Waals surface area contributed by atoms with Crippen LogP contribution in [0.15, 0.2) is 0 Å². The van der Waals surface area contributed by atoms with Crippen LogP contribution in [0, 0.1) is 0 Å². The summed E-state index contributed by atoms with van der Waals surface area (Å²) in [5.74, 6) is -0.850. The zero-order valence-corrected chi connectivity index (χ0v) is 6.70. The lowest BCUT2D eigenvalue weighted by atomic mass is 10.2. The molecule has 0 saturated heterocycles. The molecule has 0 aromatic rings. The average Bonchev–Trinajstić information content (AvgIpc) is 1.84. The summed E-state index contributed by atoms with van der Waals surface area (Å²) >= 11 is 0. The van der Waals surface area contributed by atoms with Crippen LogP contribution in [0.3, 0.4) is 0 Å². The Morgan fingerprint density at radius 1 is 1.45 bits per heavy atom. The van der Waals surface area contributed by atoms with Crippen LogP contribution in [0.1, 0.15) is 6.42 Å². The number of nitrogens with zero attached hydrogens (tertiary/aromatic N) is 1. The van der Waals surface area contributed by atoms with Gasteiger partial charge in [-0.15, -0.1) is 0 Å². The van der Waals surface area contributed by atoms with E-state index in [1.807, 2.05) is 0 Å². The predicted molar refractivity (Wildman–Crippen MR) is 40.5 cm³/mol. The highest BCUT2D eigenvalue weighted by atomic mass is 16.2. The Morgan fingerprint density at radius 3 is 2.18 bits per heavy atom. The monoisotopic (exact) mass is 159 g/mol. The van der Waals surface area contributed by atoms with Crippen molar-refractivity contribution in [2.24, 2.45) is 11.5 Å². The number of hydrogen-bond donors (Lipinski definition) is 2. The van der Waals surface area contributed by atoms with Gasteiger partial charge in [-0.25, -0.2) is 0 Å². The molecule has 0 bridgehead atoms. The molecular weight excluding hydrogens is 146 g/mol. The third kappa shape index (κ3) is 3.57. The summed E-state index contributed by atoms with van der Waals surface area (Å²) < 4.78 is 0. The standard InChI is InChI=1S/C6H13N3O2/c1-9(2)6(11)4(7)3-5(8)10/h4H,3,7H2,1-2H3,(H2,8,10)/t4-/m0/s1. The van der Waals surface area contributed by atoms with Crippen LogP contribution >= 0.6 is 0 Å². The van der Waals surface area contributed by atoms with Gasteiger partial charge in [0.1, 0.15) is 0 Å². The Morgan fingerprint density at radius 2 is 1.91 bits per heavy atom. The fourth-order valence-electron chi connectivity index (χ4n) is 0.636. The molecule has 5 heteroatoms. The molecular formula is C6H13N3O2. The van der Waals surface area contributed by atoms with Gasteiger partial charge in [0, 0.05) is 14.1 Å². The molecule has 0 aromatic heterocycles. The number of amides is 2. The highest BCUT2D eigenvalue weighted by Gasteiger charge is 2.16. The van der Waals surface area contributed by atoms with E-state index in [1.165, 1.54) is 4.90 Å². The molecule has 0 heterocycles. The third-order valence-electron chi connectivity index (χ3n) is 1.18. The summed E-state index contributed by atoms with van der Waals surface area (Å²) in [5, 5.41) is 0. The fraction of sp³-hybridized carbons (Fsp3) is 0.667. The van der Waals surface area contributed by atoms with Crippen LogP contribution in [0.5, 0.6) is 0 Å². The number of carbonyl (C=O) groups is 2. The summed E-state index contributed by atoms with van der Waals surface area (Å²) in [6.07, 6.45) is -0.100. The predicted octanol–water partition coefficient (Wildman–Crippen LogP) is -1.72. The number of nitrogens with two attached hydrogens (primary N) is 2. The van der Waals surface area contributed by atoms with E-state index in [-0.39, 0.29) is 12.3 Å². The molecule has 0 fully saturated rings. The molecule has 0 aromatic carbocycles. The fourth-order valence-corrected chi connectivity index (χ4v) is 0.636. The summed E-state index contributed by atoms with van der Waals surface area (Å²) in [6.45, 7) is 0. The molecule has 0 spiro atoms. The van der Waals surface area contributed by atoms with Crippen molar-refractivity contribution in [1.82, 2.24) is 4.90 Å². The summed E-state index contributed by atoms with van der Waals surface area (Å²) in [7, 11) is 3.15. The first-order valence-corrected chi connectivity index (χ1v) is 3.20. The maximum Gasteiger partial charge on any atom is 0.239 e. The van der Waals surface area contributed by atoms with Crippen LogP contribution in [0.2, 0.25) is 0 Å². The summed E-state index contributed by atoms with van der Waals surface area (Å²) in [6, 6.07) is -0.803. The minimum atomic E-state index is -0.803. The molecule has 0 radical (unpaired) electrons. The van der Waals surface area contributed by atoms with Crippen molar-refractivity contribution in [1.29, 1.82) is 0 Å². The molecule has 4 N–H and O–H groups in total. The van der Waals surface area contributed by atoms with E-state index in [4.69, 9.17) is 11.5 Å². The highest BCUT2D eigenvalue weighted by molar-refractivity contribution is 5.87. The first kappa shape index (κ1) is 9.90. The molecule has 0 unspecified atom stereocenters. The number of primary amides is 1. The molecule has 0 aliphatic rings. The second kappa shape index (κ2) is 3.92. The van der Waals surface area contributed by atoms with E-state index in [9.17, 15) is 9.59 Å². The normalized spacial score (nSPS) is 12.3. The molecule has 0 aliphatic heterocycles. The maximum absolute atomic E-state index is 11.0. The van der Waals surface area contributed by atoms with Crippen LogP contribution in [-0.4, -0.2) is 36.9 Å². The van der Waals surface area contributed by atoms with E-state index in [2.05, 4.69) is 0 Å². The highest BCUT2D eigenvalue weighted by Crippen LogP contribution is 1.90. The van der Waals surface area contributed by atoms with Crippen LogP contribution in [0.25, 0.3) is 0 Å². The van der Waals surface area contributed by atoms with Crippen molar-refractivity contribution in [3.8, 4) is 0 Å². The van der Waals surface area contributed by atoms with Gasteiger partial charge in [-0.3, -0.25) is 9.59 Å². The Kier molecular flexibility index (Phi) is 3.53. The smallest absolute Gasteiger partial charge is 0.239 e. The lowest BCUT2D eigenvalue weighted by molar-refractivity contribution is -0.132. The van der Waals surface area contributed by atoms with Crippen molar-refractivity contribution in [3.63, 3.8) is 0 Å². The quantitative estimate of drug-likeness (QED) is 0.513. The van der Waals surface area contributed by atoms with Crippen molar-refractivity contribution >= 4 is 11.8 Å². The van der Waals surface area contributed by atoms with Crippen molar-refractivity contribution in [2.75, 3.05) is 14.1 Å². The van der Waals surface area contributed by atoms with Gasteiger partial charge in [0.25, 0.3) is 0 Å². The Balaban J connectivity index is 3.93.